The number of nitrogens with zero attached hydrogens (tertiary/aromatic N) is 3. The molecule has 13 nitrogen and oxygen atoms in total. The smallest absolute Gasteiger partial charge is 0.475 e. The van der Waals surface area contributed by atoms with E-state index in [0.717, 1.165) is 17.7 Å². The first-order valence-electron chi connectivity index (χ1n) is 11.0. The van der Waals surface area contributed by atoms with Crippen LogP contribution in [-0.4, -0.2) is 43.8 Å². The van der Waals surface area contributed by atoms with Crippen LogP contribution in [0.1, 0.15) is 17.0 Å². The number of aryl methyl sites for hydroxylation is 2. The summed E-state index contributed by atoms with van der Waals surface area (Å²) in [5.74, 6) is -3.37. The number of nitrogen functional groups attached to an aromatic ring is 1. The molecule has 0 atom stereocenters. The van der Waals surface area contributed by atoms with Gasteiger partial charge in [-0.3, -0.25) is 19.6 Å². The molecule has 0 aliphatic carbocycles. The minimum atomic E-state index is -5.08. The number of carbonyl (C=O) groups excluding carboxylic acids is 2. The average Bonchev–Trinajstić information content (AvgIpc) is 2.87. The van der Waals surface area contributed by atoms with E-state index in [4.69, 9.17) is 20.4 Å². The lowest BCUT2D eigenvalue weighted by atomic mass is 10.2. The molecule has 0 unspecified atom stereocenters. The highest BCUT2D eigenvalue weighted by Gasteiger charge is 2.38. The highest BCUT2D eigenvalue weighted by Crippen LogP contribution is 2.13. The van der Waals surface area contributed by atoms with Gasteiger partial charge in [0.15, 0.2) is 0 Å². The van der Waals surface area contributed by atoms with E-state index < -0.39 is 35.5 Å². The van der Waals surface area contributed by atoms with Gasteiger partial charge in [-0.05, 0) is 49.7 Å². The molecule has 0 radical (unpaired) electrons. The summed E-state index contributed by atoms with van der Waals surface area (Å²) in [6.45, 7) is 3.36. The number of carbonyl (C=O) groups is 3. The molecule has 0 saturated heterocycles. The molecule has 0 spiro atoms. The van der Waals surface area contributed by atoms with E-state index in [1.165, 1.54) is 22.9 Å². The normalized spacial score (nSPS) is 10.6. The fourth-order valence-electron chi connectivity index (χ4n) is 2.79. The Kier molecular flexibility index (Phi) is 10.5. The number of nitrogens with one attached hydrogen (secondary N) is 3. The summed E-state index contributed by atoms with van der Waals surface area (Å²) in [6, 6.07) is 8.20. The van der Waals surface area contributed by atoms with E-state index in [-0.39, 0.29) is 24.7 Å². The van der Waals surface area contributed by atoms with Gasteiger partial charge < -0.3 is 20.9 Å². The molecule has 6 N–H and O–H groups in total. The van der Waals surface area contributed by atoms with Crippen LogP contribution in [0.15, 0.2) is 47.4 Å². The Labute approximate surface area is 223 Å². The molecule has 2 aromatic heterocycles. The molecular weight excluding hydrogens is 546 g/mol. The fraction of sp³-hybridized carbons (Fsp3) is 0.217. The zero-order valence-corrected chi connectivity index (χ0v) is 20.9. The summed E-state index contributed by atoms with van der Waals surface area (Å²) < 4.78 is 50.8. The Hall–Kier alpha value is -5.22. The molecule has 17 heteroatoms. The van der Waals surface area contributed by atoms with Crippen LogP contribution in [0.5, 0.6) is 5.75 Å². The quantitative estimate of drug-likeness (QED) is 0.208. The largest absolute Gasteiger partial charge is 0.490 e. The molecular formula is C23H23F4N7O6. The van der Waals surface area contributed by atoms with Crippen molar-refractivity contribution in [2.45, 2.75) is 33.1 Å². The van der Waals surface area contributed by atoms with Crippen LogP contribution in [-0.2, 0) is 22.7 Å². The number of pyridine rings is 1. The van der Waals surface area contributed by atoms with E-state index in [2.05, 4.69) is 26.1 Å². The van der Waals surface area contributed by atoms with Gasteiger partial charge in [0.25, 0.3) is 5.56 Å². The maximum absolute atomic E-state index is 12.9. The number of amides is 2. The maximum atomic E-state index is 12.9. The van der Waals surface area contributed by atoms with Gasteiger partial charge in [0.2, 0.25) is 11.7 Å². The third kappa shape index (κ3) is 9.58. The minimum Gasteiger partial charge on any atom is -0.475 e. The van der Waals surface area contributed by atoms with Gasteiger partial charge in [-0.2, -0.15) is 13.2 Å². The molecule has 3 aromatic rings. The van der Waals surface area contributed by atoms with E-state index in [1.807, 2.05) is 0 Å². The molecule has 0 saturated carbocycles. The number of rotatable bonds is 7. The zero-order valence-electron chi connectivity index (χ0n) is 20.9. The molecule has 3 rings (SSSR count). The van der Waals surface area contributed by atoms with Gasteiger partial charge in [0.1, 0.15) is 23.9 Å². The lowest BCUT2D eigenvalue weighted by Gasteiger charge is -2.13. The van der Waals surface area contributed by atoms with Crippen molar-refractivity contribution in [3.63, 3.8) is 0 Å². The van der Waals surface area contributed by atoms with E-state index in [1.54, 1.807) is 26.0 Å². The second kappa shape index (κ2) is 13.5. The third-order valence-electron chi connectivity index (χ3n) is 4.80. The average molecular weight is 569 g/mol. The van der Waals surface area contributed by atoms with E-state index >= 15 is 0 Å². The van der Waals surface area contributed by atoms with Gasteiger partial charge in [-0.15, -0.1) is 0 Å². The van der Waals surface area contributed by atoms with E-state index in [9.17, 15) is 31.9 Å². The number of hydrogen-bond donors (Lipinski definition) is 5. The number of halogens is 4. The first-order chi connectivity index (χ1) is 18.7. The number of alkyl halides is 3. The summed E-state index contributed by atoms with van der Waals surface area (Å²) in [7, 11) is 0. The first kappa shape index (κ1) is 31.0. The van der Waals surface area contributed by atoms with Crippen LogP contribution < -0.4 is 32.2 Å². The summed E-state index contributed by atoms with van der Waals surface area (Å²) in [4.78, 5) is 53.9. The molecule has 2 amide bonds. The van der Waals surface area contributed by atoms with Gasteiger partial charge in [-0.1, -0.05) is 6.07 Å². The standard InChI is InChI=1S/C21H22FN7O4.C2HF3O2/c1-12-9-25-19(27-28-21(32)33-16-6-4-15(22)5-7-16)20(31)29(12)11-18(30)24-10-14-3-8-17(23)26-13(14)2;3-2(4,5)1(6)7/h3-9H,10-11H2,1-2H3,(H2,23,26)(H,24,30)(H,25,27)(H,28,32);(H,6,7). The lowest BCUT2D eigenvalue weighted by molar-refractivity contribution is -0.192. The zero-order chi connectivity index (χ0) is 30.0. The molecule has 40 heavy (non-hydrogen) atoms. The Morgan fingerprint density at radius 1 is 1.10 bits per heavy atom. The van der Waals surface area contributed by atoms with Crippen LogP contribution >= 0.6 is 0 Å². The second-order valence-electron chi connectivity index (χ2n) is 7.79. The highest BCUT2D eigenvalue weighted by atomic mass is 19.4. The van der Waals surface area contributed by atoms with Gasteiger partial charge >= 0.3 is 18.2 Å². The Morgan fingerprint density at radius 3 is 2.30 bits per heavy atom. The molecule has 0 aliphatic rings. The molecule has 2 heterocycles. The summed E-state index contributed by atoms with van der Waals surface area (Å²) in [5, 5.41) is 9.85. The van der Waals surface area contributed by atoms with E-state index in [0.29, 0.717) is 17.2 Å². The van der Waals surface area contributed by atoms with Crippen LogP contribution in [0.2, 0.25) is 0 Å². The third-order valence-corrected chi connectivity index (χ3v) is 4.80. The number of hydrogen-bond acceptors (Lipinski definition) is 9. The SMILES string of the molecule is Cc1nc(N)ccc1CNC(=O)Cn1c(C)cnc(NNC(=O)Oc2ccc(F)cc2)c1=O.O=C(O)C(F)(F)F. The number of carboxylic acids is 1. The van der Waals surface area contributed by atoms with Crippen molar-refractivity contribution in [3.8, 4) is 5.75 Å². The van der Waals surface area contributed by atoms with Crippen LogP contribution in [0.3, 0.4) is 0 Å². The highest BCUT2D eigenvalue weighted by molar-refractivity contribution is 5.76. The topological polar surface area (TPSA) is 191 Å². The predicted molar refractivity (Wildman–Crippen MR) is 131 cm³/mol. The first-order valence-corrected chi connectivity index (χ1v) is 11.0. The van der Waals surface area contributed by atoms with Crippen molar-refractivity contribution in [2.24, 2.45) is 0 Å². The van der Waals surface area contributed by atoms with Gasteiger partial charge in [0, 0.05) is 24.1 Å². The number of aromatic nitrogens is 3. The summed E-state index contributed by atoms with van der Waals surface area (Å²) in [6.07, 6.45) is -4.65. The number of anilines is 2. The maximum Gasteiger partial charge on any atom is 0.490 e. The van der Waals surface area contributed by atoms with Crippen molar-refractivity contribution >= 4 is 29.6 Å². The number of hydrazine groups is 1. The second-order valence-corrected chi connectivity index (χ2v) is 7.79. The Morgan fingerprint density at radius 2 is 1.73 bits per heavy atom. The van der Waals surface area contributed by atoms with Crippen LogP contribution in [0, 0.1) is 19.7 Å². The van der Waals surface area contributed by atoms with Crippen LogP contribution in [0.25, 0.3) is 0 Å². The fourth-order valence-corrected chi connectivity index (χ4v) is 2.79. The van der Waals surface area contributed by atoms with Gasteiger partial charge in [-0.25, -0.2) is 29.4 Å². The van der Waals surface area contributed by atoms with Gasteiger partial charge in [0.05, 0.1) is 0 Å². The van der Waals surface area contributed by atoms with Crippen molar-refractivity contribution < 1.29 is 41.8 Å². The minimum absolute atomic E-state index is 0.105. The summed E-state index contributed by atoms with van der Waals surface area (Å²) in [5.41, 5.74) is 11.5. The number of aliphatic carboxylic acids is 1. The number of carboxylic acid groups (broad SMARTS) is 1. The van der Waals surface area contributed by atoms with Crippen molar-refractivity contribution in [2.75, 3.05) is 11.2 Å². The van der Waals surface area contributed by atoms with Crippen molar-refractivity contribution in [1.29, 1.82) is 0 Å². The Bertz CT molecular complexity index is 1430. The summed E-state index contributed by atoms with van der Waals surface area (Å²) >= 11 is 0. The number of benzene rings is 1. The molecule has 0 aliphatic heterocycles. The van der Waals surface area contributed by atoms with Crippen molar-refractivity contribution in [3.05, 3.63) is 75.7 Å². The molecule has 0 fully saturated rings. The number of ether oxygens (including phenoxy) is 1. The van der Waals surface area contributed by atoms with Crippen LogP contribution in [0.4, 0.5) is 34.0 Å². The molecule has 214 valence electrons. The molecule has 0 bridgehead atoms. The lowest BCUT2D eigenvalue weighted by Crippen LogP contribution is -2.38. The Balaban J connectivity index is 0.000000708. The number of nitrogens with two attached hydrogens (primary N) is 1. The monoisotopic (exact) mass is 569 g/mol. The predicted octanol–water partition coefficient (Wildman–Crippen LogP) is 2.04. The molecule has 1 aromatic carbocycles. The van der Waals surface area contributed by atoms with Crippen molar-refractivity contribution in [1.82, 2.24) is 25.3 Å².